The van der Waals surface area contributed by atoms with Crippen LogP contribution in [0, 0.1) is 0 Å². The van der Waals surface area contributed by atoms with Gasteiger partial charge in [-0.15, -0.1) is 0 Å². The highest BCUT2D eigenvalue weighted by Crippen LogP contribution is 2.00. The number of nitrogens with zero attached hydrogens (tertiary/aromatic N) is 2. The molecule has 124 valence electrons. The summed E-state index contributed by atoms with van der Waals surface area (Å²) in [5, 5.41) is 0. The monoisotopic (exact) mass is 310 g/mol. The van der Waals surface area contributed by atoms with Crippen LogP contribution in [0.1, 0.15) is 19.8 Å². The summed E-state index contributed by atoms with van der Waals surface area (Å²) in [6, 6.07) is 0. The number of carbonyl (C=O) groups is 2. The van der Waals surface area contributed by atoms with Gasteiger partial charge in [-0.2, -0.15) is 0 Å². The first-order valence-electron chi connectivity index (χ1n) is 7.69. The van der Waals surface area contributed by atoms with Crippen molar-refractivity contribution in [2.45, 2.75) is 19.8 Å². The predicted octanol–water partition coefficient (Wildman–Crippen LogP) is 1.19. The van der Waals surface area contributed by atoms with Crippen LogP contribution in [0.3, 0.4) is 0 Å². The molecule has 0 N–H and O–H groups in total. The predicted molar refractivity (Wildman–Crippen MR) is 84.2 cm³/mol. The molecule has 0 radical (unpaired) electrons. The molecule has 1 fully saturated rings. The maximum atomic E-state index is 11.5. The lowest BCUT2D eigenvalue weighted by Gasteiger charge is -2.31. The molecule has 1 aliphatic heterocycles. The van der Waals surface area contributed by atoms with Crippen LogP contribution in [0.5, 0.6) is 0 Å². The molecular weight excluding hydrogens is 284 g/mol. The number of ether oxygens (including phenoxy) is 2. The normalized spacial score (nSPS) is 16.4. The summed E-state index contributed by atoms with van der Waals surface area (Å²) >= 11 is 0. The van der Waals surface area contributed by atoms with Crippen molar-refractivity contribution in [2.75, 3.05) is 46.4 Å². The van der Waals surface area contributed by atoms with Gasteiger partial charge in [0.1, 0.15) is 0 Å². The lowest BCUT2D eigenvalue weighted by Crippen LogP contribution is -2.41. The molecule has 1 saturated heterocycles. The molecule has 22 heavy (non-hydrogen) atoms. The van der Waals surface area contributed by atoms with Crippen molar-refractivity contribution in [2.24, 2.45) is 0 Å². The van der Waals surface area contributed by atoms with Crippen molar-refractivity contribution >= 4 is 11.9 Å². The number of esters is 2. The lowest BCUT2D eigenvalue weighted by molar-refractivity contribution is -0.140. The molecule has 6 nitrogen and oxygen atoms in total. The molecule has 0 spiro atoms. The van der Waals surface area contributed by atoms with Gasteiger partial charge >= 0.3 is 11.9 Å². The second-order valence-corrected chi connectivity index (χ2v) is 5.20. The maximum Gasteiger partial charge on any atom is 0.332 e. The van der Waals surface area contributed by atoms with Crippen LogP contribution in [-0.4, -0.2) is 68.2 Å². The zero-order chi connectivity index (χ0) is 16.2. The molecule has 0 unspecified atom stereocenters. The van der Waals surface area contributed by atoms with E-state index in [0.29, 0.717) is 26.1 Å². The SMILES string of the molecule is C/C=C/C(=O)OCCCCOC(=O)/C=C/N1CCN(C)CC1. The van der Waals surface area contributed by atoms with Gasteiger partial charge in [0.25, 0.3) is 0 Å². The Bertz CT molecular complexity index is 399. The number of carbonyl (C=O) groups excluding carboxylic acids is 2. The van der Waals surface area contributed by atoms with E-state index in [4.69, 9.17) is 9.47 Å². The van der Waals surface area contributed by atoms with E-state index < -0.39 is 0 Å². The highest BCUT2D eigenvalue weighted by molar-refractivity contribution is 5.82. The fourth-order valence-corrected chi connectivity index (χ4v) is 1.92. The molecular formula is C16H26N2O4. The fourth-order valence-electron chi connectivity index (χ4n) is 1.92. The molecule has 0 atom stereocenters. The Morgan fingerprint density at radius 2 is 1.50 bits per heavy atom. The van der Waals surface area contributed by atoms with Crippen molar-refractivity contribution < 1.29 is 19.1 Å². The van der Waals surface area contributed by atoms with Gasteiger partial charge in [-0.3, -0.25) is 0 Å². The highest BCUT2D eigenvalue weighted by atomic mass is 16.5. The summed E-state index contributed by atoms with van der Waals surface area (Å²) in [4.78, 5) is 26.9. The molecule has 1 rings (SSSR count). The number of hydrogen-bond donors (Lipinski definition) is 0. The van der Waals surface area contributed by atoms with Gasteiger partial charge in [-0.25, -0.2) is 9.59 Å². The van der Waals surface area contributed by atoms with E-state index in [1.807, 2.05) is 0 Å². The van der Waals surface area contributed by atoms with Crippen LogP contribution >= 0.6 is 0 Å². The van der Waals surface area contributed by atoms with E-state index in [1.54, 1.807) is 19.2 Å². The molecule has 1 heterocycles. The van der Waals surface area contributed by atoms with Crippen LogP contribution in [0.25, 0.3) is 0 Å². The summed E-state index contributed by atoms with van der Waals surface area (Å²) < 4.78 is 10.0. The van der Waals surface area contributed by atoms with Crippen LogP contribution in [0.4, 0.5) is 0 Å². The van der Waals surface area contributed by atoms with Crippen molar-refractivity contribution in [3.8, 4) is 0 Å². The third kappa shape index (κ3) is 8.46. The van der Waals surface area contributed by atoms with Crippen LogP contribution < -0.4 is 0 Å². The van der Waals surface area contributed by atoms with Gasteiger partial charge in [0.15, 0.2) is 0 Å². The van der Waals surface area contributed by atoms with E-state index in [9.17, 15) is 9.59 Å². The first-order valence-corrected chi connectivity index (χ1v) is 7.69. The summed E-state index contributed by atoms with van der Waals surface area (Å²) in [6.07, 6.45) is 7.64. The van der Waals surface area contributed by atoms with Crippen molar-refractivity contribution in [3.05, 3.63) is 24.4 Å². The van der Waals surface area contributed by atoms with E-state index in [0.717, 1.165) is 26.2 Å². The van der Waals surface area contributed by atoms with Gasteiger partial charge in [0.2, 0.25) is 0 Å². The Balaban J connectivity index is 2.02. The first kappa shape index (κ1) is 18.2. The molecule has 0 saturated carbocycles. The van der Waals surface area contributed by atoms with E-state index >= 15 is 0 Å². The molecule has 0 amide bonds. The maximum absolute atomic E-state index is 11.5. The van der Waals surface area contributed by atoms with Crippen molar-refractivity contribution in [1.29, 1.82) is 0 Å². The Kier molecular flexibility index (Phi) is 8.98. The summed E-state index contributed by atoms with van der Waals surface area (Å²) in [7, 11) is 2.09. The highest BCUT2D eigenvalue weighted by Gasteiger charge is 2.10. The van der Waals surface area contributed by atoms with Crippen LogP contribution in [0.15, 0.2) is 24.4 Å². The Labute approximate surface area is 132 Å². The van der Waals surface area contributed by atoms with Crippen LogP contribution in [-0.2, 0) is 19.1 Å². The van der Waals surface area contributed by atoms with E-state index in [2.05, 4.69) is 16.8 Å². The Morgan fingerprint density at radius 3 is 2.05 bits per heavy atom. The zero-order valence-corrected chi connectivity index (χ0v) is 13.5. The summed E-state index contributed by atoms with van der Waals surface area (Å²) in [5.74, 6) is -0.667. The average molecular weight is 310 g/mol. The second kappa shape index (κ2) is 10.8. The topological polar surface area (TPSA) is 59.1 Å². The Morgan fingerprint density at radius 1 is 0.955 bits per heavy atom. The van der Waals surface area contributed by atoms with Gasteiger partial charge in [0.05, 0.1) is 13.2 Å². The molecule has 0 aromatic rings. The minimum absolute atomic E-state index is 0.329. The minimum Gasteiger partial charge on any atom is -0.463 e. The third-order valence-electron chi connectivity index (χ3n) is 3.29. The largest absolute Gasteiger partial charge is 0.463 e. The molecule has 0 aliphatic carbocycles. The Hall–Kier alpha value is -1.82. The minimum atomic E-state index is -0.338. The average Bonchev–Trinajstić information content (AvgIpc) is 2.50. The standard InChI is InChI=1S/C16H26N2O4/c1-3-6-15(19)21-13-4-5-14-22-16(20)7-8-18-11-9-17(2)10-12-18/h3,6-8H,4-5,9-14H2,1-2H3/b6-3+,8-7+. The number of piperazine rings is 1. The molecule has 1 aliphatic rings. The van der Waals surface area contributed by atoms with Crippen molar-refractivity contribution in [3.63, 3.8) is 0 Å². The van der Waals surface area contributed by atoms with E-state index in [-0.39, 0.29) is 11.9 Å². The first-order chi connectivity index (χ1) is 10.6. The van der Waals surface area contributed by atoms with Crippen molar-refractivity contribution in [1.82, 2.24) is 9.80 Å². The quantitative estimate of drug-likeness (QED) is 0.381. The van der Waals surface area contributed by atoms with E-state index in [1.165, 1.54) is 12.2 Å². The second-order valence-electron chi connectivity index (χ2n) is 5.20. The number of hydrogen-bond acceptors (Lipinski definition) is 6. The zero-order valence-electron chi connectivity index (χ0n) is 13.5. The smallest absolute Gasteiger partial charge is 0.332 e. The number of likely N-dealkylation sites (N-methyl/N-ethyl adjacent to an activating group) is 1. The lowest BCUT2D eigenvalue weighted by atomic mass is 10.3. The van der Waals surface area contributed by atoms with Gasteiger partial charge in [-0.1, -0.05) is 6.08 Å². The fraction of sp³-hybridized carbons (Fsp3) is 0.625. The molecule has 6 heteroatoms. The number of allylic oxidation sites excluding steroid dienone is 1. The van der Waals surface area contributed by atoms with Gasteiger partial charge in [0, 0.05) is 44.5 Å². The number of rotatable bonds is 8. The molecule has 0 bridgehead atoms. The van der Waals surface area contributed by atoms with Gasteiger partial charge < -0.3 is 19.3 Å². The summed E-state index contributed by atoms with van der Waals surface area (Å²) in [5.41, 5.74) is 0. The van der Waals surface area contributed by atoms with Crippen LogP contribution in [0.2, 0.25) is 0 Å². The molecule has 0 aromatic heterocycles. The molecule has 0 aromatic carbocycles. The summed E-state index contributed by atoms with van der Waals surface area (Å²) in [6.45, 7) is 6.31. The van der Waals surface area contributed by atoms with Gasteiger partial charge in [-0.05, 0) is 26.8 Å². The number of unbranched alkanes of at least 4 members (excludes halogenated alkanes) is 1. The third-order valence-corrected chi connectivity index (χ3v) is 3.29.